The predicted molar refractivity (Wildman–Crippen MR) is 74.7 cm³/mol. The zero-order valence-electron chi connectivity index (χ0n) is 11.1. The second-order valence-corrected chi connectivity index (χ2v) is 7.25. The molecule has 2 atom stereocenters. The third-order valence-electron chi connectivity index (χ3n) is 5.36. The SMILES string of the molecule is CC1(C)[C@H]2CC[C@]1(C)C(=N/N=C1/NC(=O)CS1)C2. The highest BCUT2D eigenvalue weighted by Gasteiger charge is 2.60. The van der Waals surface area contributed by atoms with Crippen LogP contribution in [0, 0.1) is 16.7 Å². The molecule has 2 aliphatic carbocycles. The molecule has 1 amide bonds. The van der Waals surface area contributed by atoms with Gasteiger partial charge in [0.15, 0.2) is 5.17 Å². The molecule has 1 N–H and O–H groups in total. The van der Waals surface area contributed by atoms with Gasteiger partial charge in [0.2, 0.25) is 5.91 Å². The van der Waals surface area contributed by atoms with Crippen molar-refractivity contribution < 1.29 is 4.79 Å². The van der Waals surface area contributed by atoms with E-state index in [-0.39, 0.29) is 11.3 Å². The number of carbonyl (C=O) groups excluding carboxylic acids is 1. The Labute approximate surface area is 112 Å². The molecule has 0 aromatic rings. The zero-order valence-corrected chi connectivity index (χ0v) is 11.9. The number of nitrogens with zero attached hydrogens (tertiary/aromatic N) is 2. The molecule has 18 heavy (non-hydrogen) atoms. The van der Waals surface area contributed by atoms with Crippen LogP contribution in [0.2, 0.25) is 0 Å². The average molecular weight is 265 g/mol. The molecule has 0 aromatic heterocycles. The van der Waals surface area contributed by atoms with Gasteiger partial charge in [0.05, 0.1) is 5.75 Å². The topological polar surface area (TPSA) is 53.8 Å². The summed E-state index contributed by atoms with van der Waals surface area (Å²) in [5.74, 6) is 1.24. The van der Waals surface area contributed by atoms with Crippen LogP contribution in [0.25, 0.3) is 0 Å². The number of amides is 1. The summed E-state index contributed by atoms with van der Waals surface area (Å²) >= 11 is 1.43. The van der Waals surface area contributed by atoms with E-state index in [1.807, 2.05) is 0 Å². The minimum atomic E-state index is 0.0263. The van der Waals surface area contributed by atoms with E-state index in [4.69, 9.17) is 0 Å². The van der Waals surface area contributed by atoms with Crippen molar-refractivity contribution in [2.45, 2.75) is 40.0 Å². The first-order valence-electron chi connectivity index (χ1n) is 6.51. The van der Waals surface area contributed by atoms with Crippen LogP contribution >= 0.6 is 11.8 Å². The van der Waals surface area contributed by atoms with E-state index in [0.717, 1.165) is 12.3 Å². The van der Waals surface area contributed by atoms with Gasteiger partial charge in [-0.2, -0.15) is 5.10 Å². The number of rotatable bonds is 1. The fourth-order valence-electron chi connectivity index (χ4n) is 3.56. The Morgan fingerprint density at radius 2 is 2.11 bits per heavy atom. The van der Waals surface area contributed by atoms with Crippen LogP contribution in [-0.4, -0.2) is 22.5 Å². The van der Waals surface area contributed by atoms with E-state index in [9.17, 15) is 4.79 Å². The minimum absolute atomic E-state index is 0.0263. The molecule has 3 fully saturated rings. The molecule has 3 aliphatic rings. The van der Waals surface area contributed by atoms with E-state index in [1.165, 1.54) is 30.3 Å². The normalized spacial score (nSPS) is 41.9. The van der Waals surface area contributed by atoms with Gasteiger partial charge in [-0.25, -0.2) is 0 Å². The molecule has 3 rings (SSSR count). The Morgan fingerprint density at radius 1 is 1.33 bits per heavy atom. The molecule has 0 spiro atoms. The summed E-state index contributed by atoms with van der Waals surface area (Å²) in [6.45, 7) is 7.03. The molecule has 98 valence electrons. The molecular formula is C13H19N3OS. The van der Waals surface area contributed by atoms with Crippen LogP contribution in [0.15, 0.2) is 10.2 Å². The second kappa shape index (κ2) is 3.83. The highest BCUT2D eigenvalue weighted by atomic mass is 32.2. The molecule has 1 heterocycles. The first-order chi connectivity index (χ1) is 8.43. The second-order valence-electron chi connectivity index (χ2n) is 6.28. The Morgan fingerprint density at radius 3 is 2.61 bits per heavy atom. The summed E-state index contributed by atoms with van der Waals surface area (Å²) in [7, 11) is 0. The maximum atomic E-state index is 11.1. The monoisotopic (exact) mass is 265 g/mol. The Hall–Kier alpha value is -0.840. The lowest BCUT2D eigenvalue weighted by molar-refractivity contribution is -0.116. The van der Waals surface area contributed by atoms with E-state index in [1.54, 1.807) is 0 Å². The van der Waals surface area contributed by atoms with Crippen molar-refractivity contribution in [3.8, 4) is 0 Å². The van der Waals surface area contributed by atoms with E-state index in [0.29, 0.717) is 16.3 Å². The Kier molecular flexibility index (Phi) is 2.59. The molecule has 1 saturated heterocycles. The summed E-state index contributed by atoms with van der Waals surface area (Å²) in [4.78, 5) is 11.1. The smallest absolute Gasteiger partial charge is 0.236 e. The lowest BCUT2D eigenvalue weighted by Gasteiger charge is -2.34. The fraction of sp³-hybridized carbons (Fsp3) is 0.769. The first-order valence-corrected chi connectivity index (χ1v) is 7.50. The van der Waals surface area contributed by atoms with Crippen LogP contribution in [-0.2, 0) is 4.79 Å². The van der Waals surface area contributed by atoms with Crippen molar-refractivity contribution in [2.75, 3.05) is 5.75 Å². The van der Waals surface area contributed by atoms with Crippen molar-refractivity contribution in [3.63, 3.8) is 0 Å². The molecule has 4 nitrogen and oxygen atoms in total. The van der Waals surface area contributed by atoms with Crippen molar-refractivity contribution in [1.29, 1.82) is 0 Å². The minimum Gasteiger partial charge on any atom is -0.303 e. The molecule has 1 aliphatic heterocycles. The summed E-state index contributed by atoms with van der Waals surface area (Å²) in [5, 5.41) is 12.1. The fourth-order valence-corrected chi connectivity index (χ4v) is 4.19. The zero-order chi connectivity index (χ0) is 13.0. The van der Waals surface area contributed by atoms with Crippen molar-refractivity contribution in [2.24, 2.45) is 27.0 Å². The van der Waals surface area contributed by atoms with Crippen LogP contribution in [0.4, 0.5) is 0 Å². The van der Waals surface area contributed by atoms with Gasteiger partial charge >= 0.3 is 0 Å². The summed E-state index contributed by atoms with van der Waals surface area (Å²) in [6.07, 6.45) is 3.59. The standard InChI is InChI=1S/C13H19N3OS/c1-12(2)8-4-5-13(12,3)9(6-8)15-16-11-14-10(17)7-18-11/h8H,4-7H2,1-3H3,(H,14,16,17)/t8-,13+/m0/s1. The van der Waals surface area contributed by atoms with E-state index in [2.05, 4.69) is 36.3 Å². The highest BCUT2D eigenvalue weighted by Crippen LogP contribution is 2.63. The van der Waals surface area contributed by atoms with Gasteiger partial charge in [0.25, 0.3) is 0 Å². The Bertz CT molecular complexity index is 469. The van der Waals surface area contributed by atoms with Gasteiger partial charge in [-0.05, 0) is 30.6 Å². The van der Waals surface area contributed by atoms with Crippen LogP contribution in [0.5, 0.6) is 0 Å². The first kappa shape index (κ1) is 12.2. The molecule has 2 bridgehead atoms. The lowest BCUT2D eigenvalue weighted by Crippen LogP contribution is -2.32. The number of nitrogens with one attached hydrogen (secondary N) is 1. The highest BCUT2D eigenvalue weighted by molar-refractivity contribution is 8.15. The van der Waals surface area contributed by atoms with Crippen LogP contribution in [0.3, 0.4) is 0 Å². The van der Waals surface area contributed by atoms with Gasteiger partial charge < -0.3 is 5.32 Å². The van der Waals surface area contributed by atoms with Crippen LogP contribution in [0.1, 0.15) is 40.0 Å². The number of amidine groups is 1. The maximum absolute atomic E-state index is 11.1. The van der Waals surface area contributed by atoms with Gasteiger partial charge in [0.1, 0.15) is 0 Å². The van der Waals surface area contributed by atoms with Gasteiger partial charge in [0, 0.05) is 11.1 Å². The van der Waals surface area contributed by atoms with Crippen LogP contribution < -0.4 is 5.32 Å². The van der Waals surface area contributed by atoms with Gasteiger partial charge in [-0.1, -0.05) is 32.5 Å². The number of hydrogen-bond acceptors (Lipinski definition) is 4. The Balaban J connectivity index is 1.85. The van der Waals surface area contributed by atoms with Crippen molar-refractivity contribution in [1.82, 2.24) is 5.32 Å². The largest absolute Gasteiger partial charge is 0.303 e. The number of hydrogen-bond donors (Lipinski definition) is 1. The van der Waals surface area contributed by atoms with E-state index >= 15 is 0 Å². The summed E-state index contributed by atoms with van der Waals surface area (Å²) < 4.78 is 0. The number of carbonyl (C=O) groups is 1. The number of thioether (sulfide) groups is 1. The molecule has 0 unspecified atom stereocenters. The molecule has 5 heteroatoms. The van der Waals surface area contributed by atoms with E-state index < -0.39 is 0 Å². The molecule has 0 aromatic carbocycles. The van der Waals surface area contributed by atoms with Crippen molar-refractivity contribution >= 4 is 28.5 Å². The lowest BCUT2D eigenvalue weighted by atomic mass is 9.70. The summed E-state index contributed by atoms with van der Waals surface area (Å²) in [6, 6.07) is 0. The molecule has 2 saturated carbocycles. The quantitative estimate of drug-likeness (QED) is 0.740. The average Bonchev–Trinajstić information content (AvgIpc) is 2.87. The van der Waals surface area contributed by atoms with Crippen molar-refractivity contribution in [3.05, 3.63) is 0 Å². The van der Waals surface area contributed by atoms with Gasteiger partial charge in [-0.3, -0.25) is 4.79 Å². The molecule has 0 radical (unpaired) electrons. The third-order valence-corrected chi connectivity index (χ3v) is 6.22. The maximum Gasteiger partial charge on any atom is 0.236 e. The molecular weight excluding hydrogens is 246 g/mol. The predicted octanol–water partition coefficient (Wildman–Crippen LogP) is 2.41. The summed E-state index contributed by atoms with van der Waals surface area (Å²) in [5.41, 5.74) is 1.74. The number of fused-ring (bicyclic) bond motifs is 2. The third kappa shape index (κ3) is 1.56. The van der Waals surface area contributed by atoms with Gasteiger partial charge in [-0.15, -0.1) is 5.10 Å².